The van der Waals surface area contributed by atoms with Crippen LogP contribution in [-0.4, -0.2) is 35.0 Å². The molecule has 2 aliphatic rings. The number of nitrogens with one attached hydrogen (secondary N) is 1. The van der Waals surface area contributed by atoms with Crippen molar-refractivity contribution in [3.63, 3.8) is 0 Å². The van der Waals surface area contributed by atoms with E-state index >= 15 is 0 Å². The van der Waals surface area contributed by atoms with Crippen molar-refractivity contribution in [2.75, 3.05) is 18.0 Å². The molecular weight excluding hydrogens is 320 g/mol. The van der Waals surface area contributed by atoms with Gasteiger partial charge in [-0.15, -0.1) is 0 Å². The molecular formula is C14H19BrN4O. The lowest BCUT2D eigenvalue weighted by atomic mass is 9.90. The Morgan fingerprint density at radius 2 is 1.85 bits per heavy atom. The van der Waals surface area contributed by atoms with Crippen LogP contribution in [0.5, 0.6) is 0 Å². The summed E-state index contributed by atoms with van der Waals surface area (Å²) in [6.07, 6.45) is 8.85. The second kappa shape index (κ2) is 6.08. The Balaban J connectivity index is 1.51. The predicted molar refractivity (Wildman–Crippen MR) is 80.5 cm³/mol. The normalized spacial score (nSPS) is 20.6. The van der Waals surface area contributed by atoms with Gasteiger partial charge >= 0.3 is 0 Å². The number of hydrogen-bond acceptors (Lipinski definition) is 4. The van der Waals surface area contributed by atoms with E-state index in [-0.39, 0.29) is 11.8 Å². The number of amides is 1. The number of hydrogen-bond donors (Lipinski definition) is 1. The monoisotopic (exact) mass is 338 g/mol. The molecule has 1 N–H and O–H groups in total. The summed E-state index contributed by atoms with van der Waals surface area (Å²) in [6.45, 7) is 1.70. The number of carbonyl (C=O) groups excluding carboxylic acids is 1. The summed E-state index contributed by atoms with van der Waals surface area (Å²) in [5, 5.41) is 3.15. The average molecular weight is 339 g/mol. The maximum atomic E-state index is 12.1. The van der Waals surface area contributed by atoms with Crippen LogP contribution in [0.4, 0.5) is 5.95 Å². The van der Waals surface area contributed by atoms with Crippen LogP contribution in [0.15, 0.2) is 16.9 Å². The van der Waals surface area contributed by atoms with Crippen molar-refractivity contribution in [1.82, 2.24) is 15.3 Å². The van der Waals surface area contributed by atoms with E-state index in [4.69, 9.17) is 0 Å². The van der Waals surface area contributed by atoms with Gasteiger partial charge in [-0.1, -0.05) is 0 Å². The van der Waals surface area contributed by atoms with Gasteiger partial charge in [0.25, 0.3) is 0 Å². The molecule has 1 aliphatic carbocycles. The van der Waals surface area contributed by atoms with Gasteiger partial charge in [0.15, 0.2) is 0 Å². The molecule has 1 aliphatic heterocycles. The van der Waals surface area contributed by atoms with Gasteiger partial charge < -0.3 is 10.2 Å². The fourth-order valence-corrected chi connectivity index (χ4v) is 2.89. The SMILES string of the molecule is O=C(NC1CCC1)C1CCN(c2ncc(Br)cn2)CC1. The first kappa shape index (κ1) is 13.8. The lowest BCUT2D eigenvalue weighted by Crippen LogP contribution is -2.46. The van der Waals surface area contributed by atoms with E-state index in [0.29, 0.717) is 6.04 Å². The van der Waals surface area contributed by atoms with E-state index in [9.17, 15) is 4.79 Å². The summed E-state index contributed by atoms with van der Waals surface area (Å²) in [5.41, 5.74) is 0. The number of halogens is 1. The summed E-state index contributed by atoms with van der Waals surface area (Å²) in [5.74, 6) is 1.15. The van der Waals surface area contributed by atoms with Crippen molar-refractivity contribution in [1.29, 1.82) is 0 Å². The molecule has 5 nitrogen and oxygen atoms in total. The molecule has 2 heterocycles. The Kier molecular flexibility index (Phi) is 4.19. The van der Waals surface area contributed by atoms with E-state index < -0.39 is 0 Å². The molecule has 0 spiro atoms. The third-order valence-electron chi connectivity index (χ3n) is 4.21. The highest BCUT2D eigenvalue weighted by Gasteiger charge is 2.28. The summed E-state index contributed by atoms with van der Waals surface area (Å²) in [7, 11) is 0. The summed E-state index contributed by atoms with van der Waals surface area (Å²) >= 11 is 3.34. The molecule has 1 aromatic heterocycles. The molecule has 0 aromatic carbocycles. The van der Waals surface area contributed by atoms with Gasteiger partial charge in [-0.3, -0.25) is 4.79 Å². The smallest absolute Gasteiger partial charge is 0.225 e. The maximum absolute atomic E-state index is 12.1. The van der Waals surface area contributed by atoms with E-state index in [0.717, 1.165) is 49.2 Å². The van der Waals surface area contributed by atoms with Crippen molar-refractivity contribution in [2.45, 2.75) is 38.1 Å². The van der Waals surface area contributed by atoms with Gasteiger partial charge in [-0.25, -0.2) is 9.97 Å². The standard InChI is InChI=1S/C14H19BrN4O/c15-11-8-16-14(17-9-11)19-6-4-10(5-7-19)13(20)18-12-2-1-3-12/h8-10,12H,1-7H2,(H,18,20). The highest BCUT2D eigenvalue weighted by molar-refractivity contribution is 9.10. The summed E-state index contributed by atoms with van der Waals surface area (Å²) in [6, 6.07) is 0.440. The van der Waals surface area contributed by atoms with Crippen molar-refractivity contribution in [2.24, 2.45) is 5.92 Å². The number of anilines is 1. The first-order valence-electron chi connectivity index (χ1n) is 7.25. The van der Waals surface area contributed by atoms with Gasteiger partial charge in [0.05, 0.1) is 4.47 Å². The Bertz CT molecular complexity index is 467. The van der Waals surface area contributed by atoms with Gasteiger partial charge in [0.2, 0.25) is 11.9 Å². The number of aromatic nitrogens is 2. The van der Waals surface area contributed by atoms with Gasteiger partial charge in [0.1, 0.15) is 0 Å². The van der Waals surface area contributed by atoms with E-state index in [1.54, 1.807) is 12.4 Å². The fourth-order valence-electron chi connectivity index (χ4n) is 2.68. The first-order chi connectivity index (χ1) is 9.72. The van der Waals surface area contributed by atoms with Crippen LogP contribution >= 0.6 is 15.9 Å². The minimum Gasteiger partial charge on any atom is -0.353 e. The molecule has 1 amide bonds. The molecule has 0 radical (unpaired) electrons. The van der Waals surface area contributed by atoms with Crippen LogP contribution in [0.1, 0.15) is 32.1 Å². The molecule has 1 saturated heterocycles. The highest BCUT2D eigenvalue weighted by atomic mass is 79.9. The van der Waals surface area contributed by atoms with Crippen molar-refractivity contribution >= 4 is 27.8 Å². The topological polar surface area (TPSA) is 58.1 Å². The molecule has 108 valence electrons. The van der Waals surface area contributed by atoms with Gasteiger partial charge in [0, 0.05) is 37.4 Å². The molecule has 6 heteroatoms. The van der Waals surface area contributed by atoms with Crippen molar-refractivity contribution < 1.29 is 4.79 Å². The second-order valence-electron chi connectivity index (χ2n) is 5.60. The molecule has 1 saturated carbocycles. The fraction of sp³-hybridized carbons (Fsp3) is 0.643. The summed E-state index contributed by atoms with van der Waals surface area (Å²) < 4.78 is 0.885. The van der Waals surface area contributed by atoms with Crippen LogP contribution < -0.4 is 10.2 Å². The van der Waals surface area contributed by atoms with Gasteiger partial charge in [-0.05, 0) is 48.0 Å². The quantitative estimate of drug-likeness (QED) is 0.917. The average Bonchev–Trinajstić information content (AvgIpc) is 2.44. The minimum atomic E-state index is 0.155. The molecule has 3 rings (SSSR count). The van der Waals surface area contributed by atoms with Crippen LogP contribution in [0.2, 0.25) is 0 Å². The molecule has 0 atom stereocenters. The highest BCUT2D eigenvalue weighted by Crippen LogP contribution is 2.23. The lowest BCUT2D eigenvalue weighted by molar-refractivity contribution is -0.126. The molecule has 2 fully saturated rings. The Morgan fingerprint density at radius 3 is 2.40 bits per heavy atom. The minimum absolute atomic E-state index is 0.155. The zero-order valence-electron chi connectivity index (χ0n) is 11.4. The number of carbonyl (C=O) groups is 1. The summed E-state index contributed by atoms with van der Waals surface area (Å²) in [4.78, 5) is 22.9. The maximum Gasteiger partial charge on any atom is 0.225 e. The zero-order chi connectivity index (χ0) is 13.9. The third-order valence-corrected chi connectivity index (χ3v) is 4.62. The number of nitrogens with zero attached hydrogens (tertiary/aromatic N) is 3. The van der Waals surface area contributed by atoms with E-state index in [2.05, 4.69) is 36.1 Å². The van der Waals surface area contributed by atoms with Crippen molar-refractivity contribution in [3.8, 4) is 0 Å². The van der Waals surface area contributed by atoms with Crippen LogP contribution in [0, 0.1) is 5.92 Å². The van der Waals surface area contributed by atoms with Crippen LogP contribution in [0.25, 0.3) is 0 Å². The van der Waals surface area contributed by atoms with Crippen molar-refractivity contribution in [3.05, 3.63) is 16.9 Å². The molecule has 20 heavy (non-hydrogen) atoms. The van der Waals surface area contributed by atoms with Gasteiger partial charge in [-0.2, -0.15) is 0 Å². The van der Waals surface area contributed by atoms with E-state index in [1.165, 1.54) is 6.42 Å². The predicted octanol–water partition coefficient (Wildman–Crippen LogP) is 2.12. The number of piperidine rings is 1. The molecule has 1 aromatic rings. The Morgan fingerprint density at radius 1 is 1.20 bits per heavy atom. The number of rotatable bonds is 3. The molecule has 0 unspecified atom stereocenters. The van der Waals surface area contributed by atoms with Crippen LogP contribution in [0.3, 0.4) is 0 Å². The molecule has 0 bridgehead atoms. The van der Waals surface area contributed by atoms with Crippen LogP contribution in [-0.2, 0) is 4.79 Å². The Labute approximate surface area is 127 Å². The first-order valence-corrected chi connectivity index (χ1v) is 8.04. The zero-order valence-corrected chi connectivity index (χ0v) is 13.0. The third kappa shape index (κ3) is 3.11. The Hall–Kier alpha value is -1.17. The second-order valence-corrected chi connectivity index (χ2v) is 6.51. The largest absolute Gasteiger partial charge is 0.353 e. The lowest BCUT2D eigenvalue weighted by Gasteiger charge is -2.33. The van der Waals surface area contributed by atoms with E-state index in [1.807, 2.05) is 0 Å².